The molecule has 1 aromatic carbocycles. The first-order valence-electron chi connectivity index (χ1n) is 6.29. The van der Waals surface area contributed by atoms with E-state index in [1.54, 1.807) is 31.2 Å². The van der Waals surface area contributed by atoms with Gasteiger partial charge >= 0.3 is 0 Å². The van der Waals surface area contributed by atoms with Crippen molar-refractivity contribution < 1.29 is 13.5 Å². The van der Waals surface area contributed by atoms with Gasteiger partial charge in [-0.25, -0.2) is 8.42 Å². The van der Waals surface area contributed by atoms with Gasteiger partial charge in [0.15, 0.2) is 9.84 Å². The van der Waals surface area contributed by atoms with E-state index in [1.807, 2.05) is 6.07 Å². The summed E-state index contributed by atoms with van der Waals surface area (Å²) in [5.41, 5.74) is -2.06. The Bertz CT molecular complexity index is 605. The van der Waals surface area contributed by atoms with Crippen LogP contribution in [0.1, 0.15) is 25.3 Å². The van der Waals surface area contributed by atoms with Crippen LogP contribution in [0.5, 0.6) is 0 Å². The van der Waals surface area contributed by atoms with Crippen molar-refractivity contribution in [3.8, 4) is 6.07 Å². The molecule has 1 saturated heterocycles. The Hall–Kier alpha value is -1.38. The van der Waals surface area contributed by atoms with Gasteiger partial charge < -0.3 is 5.11 Å². The molecular weight excluding hydrogens is 262 g/mol. The molecule has 2 atom stereocenters. The molecule has 1 heterocycles. The number of hydrogen-bond acceptors (Lipinski definition) is 4. The van der Waals surface area contributed by atoms with Crippen LogP contribution in [0.3, 0.4) is 0 Å². The lowest BCUT2D eigenvalue weighted by atomic mass is 9.67. The minimum Gasteiger partial charge on any atom is -0.383 e. The van der Waals surface area contributed by atoms with E-state index in [-0.39, 0.29) is 17.9 Å². The molecule has 102 valence electrons. The van der Waals surface area contributed by atoms with Gasteiger partial charge in [0.25, 0.3) is 0 Å². The molecule has 0 bridgehead atoms. The summed E-state index contributed by atoms with van der Waals surface area (Å²) < 4.78 is 23.5. The van der Waals surface area contributed by atoms with Crippen molar-refractivity contribution in [2.24, 2.45) is 5.41 Å². The topological polar surface area (TPSA) is 78.2 Å². The second kappa shape index (κ2) is 4.62. The molecule has 0 radical (unpaired) electrons. The minimum atomic E-state index is -3.25. The van der Waals surface area contributed by atoms with Gasteiger partial charge in [-0.2, -0.15) is 5.26 Å². The molecule has 19 heavy (non-hydrogen) atoms. The van der Waals surface area contributed by atoms with Crippen LogP contribution in [-0.2, 0) is 15.4 Å². The van der Waals surface area contributed by atoms with Crippen LogP contribution in [0.25, 0.3) is 0 Å². The van der Waals surface area contributed by atoms with E-state index >= 15 is 0 Å². The first-order valence-corrected chi connectivity index (χ1v) is 8.11. The van der Waals surface area contributed by atoms with Crippen molar-refractivity contribution in [1.82, 2.24) is 0 Å². The average molecular weight is 279 g/mol. The molecule has 2 unspecified atom stereocenters. The Morgan fingerprint density at radius 1 is 1.42 bits per heavy atom. The molecule has 0 aliphatic carbocycles. The van der Waals surface area contributed by atoms with Crippen molar-refractivity contribution >= 4 is 9.84 Å². The summed E-state index contributed by atoms with van der Waals surface area (Å²) in [6.07, 6.45) is 0.491. The van der Waals surface area contributed by atoms with Gasteiger partial charge in [-0.3, -0.25) is 0 Å². The summed E-state index contributed by atoms with van der Waals surface area (Å²) in [7, 11) is -3.25. The lowest BCUT2D eigenvalue weighted by molar-refractivity contribution is -0.0534. The molecule has 5 heteroatoms. The van der Waals surface area contributed by atoms with E-state index in [1.165, 1.54) is 0 Å². The Morgan fingerprint density at radius 3 is 2.47 bits per heavy atom. The Kier molecular flexibility index (Phi) is 3.41. The smallest absolute Gasteiger partial charge is 0.152 e. The lowest BCUT2D eigenvalue weighted by Gasteiger charge is -2.39. The normalized spacial score (nSPS) is 28.5. The maximum Gasteiger partial charge on any atom is 0.152 e. The van der Waals surface area contributed by atoms with Gasteiger partial charge in [0, 0.05) is 0 Å². The third kappa shape index (κ3) is 2.15. The van der Waals surface area contributed by atoms with Crippen LogP contribution in [0.4, 0.5) is 0 Å². The van der Waals surface area contributed by atoms with Gasteiger partial charge in [0.05, 0.1) is 17.6 Å². The van der Waals surface area contributed by atoms with Crippen molar-refractivity contribution in [1.29, 1.82) is 5.26 Å². The summed E-state index contributed by atoms with van der Waals surface area (Å²) in [6, 6.07) is 11.0. The molecule has 1 aliphatic rings. The van der Waals surface area contributed by atoms with Crippen LogP contribution < -0.4 is 0 Å². The van der Waals surface area contributed by atoms with E-state index in [4.69, 9.17) is 0 Å². The fourth-order valence-corrected chi connectivity index (χ4v) is 4.89. The highest BCUT2D eigenvalue weighted by Gasteiger charge is 2.56. The molecular formula is C14H17NO3S. The molecule has 2 rings (SSSR count). The van der Waals surface area contributed by atoms with E-state index in [0.29, 0.717) is 12.0 Å². The summed E-state index contributed by atoms with van der Waals surface area (Å²) in [5, 5.41) is 20.5. The van der Waals surface area contributed by atoms with Crippen molar-refractivity contribution in [2.75, 3.05) is 11.5 Å². The maximum atomic E-state index is 11.7. The highest BCUT2D eigenvalue weighted by Crippen LogP contribution is 2.49. The number of nitriles is 1. The molecule has 1 aliphatic heterocycles. The van der Waals surface area contributed by atoms with Crippen LogP contribution in [0.2, 0.25) is 0 Å². The summed E-state index contributed by atoms with van der Waals surface area (Å²) >= 11 is 0. The molecule has 1 N–H and O–H groups in total. The van der Waals surface area contributed by atoms with Crippen LogP contribution in [0.15, 0.2) is 30.3 Å². The summed E-state index contributed by atoms with van der Waals surface area (Å²) in [5.74, 6) is -0.300. The molecule has 1 aromatic rings. The predicted molar refractivity (Wildman–Crippen MR) is 71.9 cm³/mol. The molecule has 1 fully saturated rings. The van der Waals surface area contributed by atoms with E-state index in [0.717, 1.165) is 0 Å². The third-order valence-electron chi connectivity index (χ3n) is 4.07. The zero-order valence-electron chi connectivity index (χ0n) is 10.8. The first-order chi connectivity index (χ1) is 8.89. The predicted octanol–water partition coefficient (Wildman–Crippen LogP) is 1.61. The quantitative estimate of drug-likeness (QED) is 0.911. The van der Waals surface area contributed by atoms with E-state index in [2.05, 4.69) is 6.07 Å². The van der Waals surface area contributed by atoms with Gasteiger partial charge in [0.1, 0.15) is 11.0 Å². The minimum absolute atomic E-state index is 0.0320. The van der Waals surface area contributed by atoms with Crippen molar-refractivity contribution in [3.63, 3.8) is 0 Å². The monoisotopic (exact) mass is 279 g/mol. The highest BCUT2D eigenvalue weighted by molar-refractivity contribution is 7.91. The molecule has 0 amide bonds. The molecule has 0 aromatic heterocycles. The van der Waals surface area contributed by atoms with Crippen molar-refractivity contribution in [3.05, 3.63) is 35.9 Å². The first kappa shape index (κ1) is 14.0. The van der Waals surface area contributed by atoms with Crippen LogP contribution >= 0.6 is 0 Å². The maximum absolute atomic E-state index is 11.7. The zero-order chi connectivity index (χ0) is 14.1. The number of sulfone groups is 1. The summed E-state index contributed by atoms with van der Waals surface area (Å²) in [6.45, 7) is 1.77. The number of hydrogen-bond donors (Lipinski definition) is 1. The number of aliphatic hydroxyl groups is 1. The van der Waals surface area contributed by atoms with Crippen molar-refractivity contribution in [2.45, 2.75) is 25.4 Å². The zero-order valence-corrected chi connectivity index (χ0v) is 11.7. The van der Waals surface area contributed by atoms with Crippen LogP contribution in [0, 0.1) is 16.7 Å². The standard InChI is InChI=1S/C14H17NO3S/c1-2-14(16,12-6-4-3-5-7-12)13(10-15)8-9-19(17,18)11-13/h3-7,16H,2,8-9,11H2,1H3. The van der Waals surface area contributed by atoms with Gasteiger partial charge in [-0.15, -0.1) is 0 Å². The molecule has 4 nitrogen and oxygen atoms in total. The van der Waals surface area contributed by atoms with Gasteiger partial charge in [0.2, 0.25) is 0 Å². The van der Waals surface area contributed by atoms with Crippen LogP contribution in [-0.4, -0.2) is 25.0 Å². The SMILES string of the molecule is CCC(O)(c1ccccc1)C1(C#N)CCS(=O)(=O)C1. The molecule has 0 saturated carbocycles. The highest BCUT2D eigenvalue weighted by atomic mass is 32.2. The third-order valence-corrected chi connectivity index (χ3v) is 5.83. The van der Waals surface area contributed by atoms with Gasteiger partial charge in [-0.1, -0.05) is 37.3 Å². The van der Waals surface area contributed by atoms with Gasteiger partial charge in [-0.05, 0) is 18.4 Å². The number of benzene rings is 1. The van der Waals surface area contributed by atoms with E-state index in [9.17, 15) is 18.8 Å². The second-order valence-electron chi connectivity index (χ2n) is 5.12. The summed E-state index contributed by atoms with van der Waals surface area (Å²) in [4.78, 5) is 0. The Balaban J connectivity index is 2.55. The number of nitrogens with zero attached hydrogens (tertiary/aromatic N) is 1. The average Bonchev–Trinajstić information content (AvgIpc) is 2.76. The fraction of sp³-hybridized carbons (Fsp3) is 0.500. The lowest BCUT2D eigenvalue weighted by Crippen LogP contribution is -2.45. The fourth-order valence-electron chi connectivity index (χ4n) is 2.89. The van der Waals surface area contributed by atoms with E-state index < -0.39 is 20.9 Å². The molecule has 0 spiro atoms. The largest absolute Gasteiger partial charge is 0.383 e. The number of rotatable bonds is 3. The Morgan fingerprint density at radius 2 is 2.05 bits per heavy atom. The second-order valence-corrected chi connectivity index (χ2v) is 7.30. The Labute approximate surface area is 113 Å².